The van der Waals surface area contributed by atoms with Gasteiger partial charge >= 0.3 is 0 Å². The molecule has 0 aliphatic heterocycles. The van der Waals surface area contributed by atoms with Crippen molar-refractivity contribution in [3.8, 4) is 0 Å². The summed E-state index contributed by atoms with van der Waals surface area (Å²) >= 11 is 0. The lowest BCUT2D eigenvalue weighted by Gasteiger charge is -2.22. The normalized spacial score (nSPS) is 14.9. The van der Waals surface area contributed by atoms with Crippen LogP contribution in [0.4, 0.5) is 0 Å². The Morgan fingerprint density at radius 3 is 2.55 bits per heavy atom. The third-order valence-corrected chi connectivity index (χ3v) is 4.08. The number of furan rings is 1. The van der Waals surface area contributed by atoms with Crippen molar-refractivity contribution in [1.82, 2.24) is 10.2 Å². The van der Waals surface area contributed by atoms with Gasteiger partial charge in [0, 0.05) is 23.5 Å². The predicted molar refractivity (Wildman–Crippen MR) is 85.2 cm³/mol. The fraction of sp³-hybridized carbons (Fsp3) is 0.529. The minimum atomic E-state index is 0.236. The molecule has 1 aromatic carbocycles. The number of aryl methyl sites for hydroxylation is 1. The van der Waals surface area contributed by atoms with Crippen LogP contribution in [0.5, 0.6) is 0 Å². The number of benzene rings is 1. The first-order valence-electron chi connectivity index (χ1n) is 7.44. The van der Waals surface area contributed by atoms with Crippen LogP contribution < -0.4 is 5.32 Å². The molecule has 1 aromatic heterocycles. The number of hydrogen-bond acceptors (Lipinski definition) is 3. The highest BCUT2D eigenvalue weighted by atomic mass is 16.3. The van der Waals surface area contributed by atoms with Crippen LogP contribution in [0.1, 0.15) is 38.1 Å². The van der Waals surface area contributed by atoms with E-state index in [2.05, 4.69) is 57.2 Å². The van der Waals surface area contributed by atoms with Gasteiger partial charge in [0.2, 0.25) is 0 Å². The van der Waals surface area contributed by atoms with E-state index >= 15 is 0 Å². The summed E-state index contributed by atoms with van der Waals surface area (Å²) in [6.45, 7) is 7.54. The Kier molecular flexibility index (Phi) is 4.84. The van der Waals surface area contributed by atoms with Crippen LogP contribution >= 0.6 is 0 Å². The molecule has 0 bridgehead atoms. The van der Waals surface area contributed by atoms with Crippen LogP contribution in [-0.4, -0.2) is 31.6 Å². The van der Waals surface area contributed by atoms with E-state index in [0.717, 1.165) is 24.3 Å². The van der Waals surface area contributed by atoms with E-state index in [9.17, 15) is 0 Å². The molecule has 20 heavy (non-hydrogen) atoms. The van der Waals surface area contributed by atoms with Gasteiger partial charge in [0.25, 0.3) is 0 Å². The van der Waals surface area contributed by atoms with Crippen LogP contribution in [0.25, 0.3) is 11.0 Å². The number of nitrogens with zero attached hydrogens (tertiary/aromatic N) is 1. The predicted octanol–water partition coefficient (Wildman–Crippen LogP) is 3.60. The maximum absolute atomic E-state index is 6.07. The van der Waals surface area contributed by atoms with Crippen LogP contribution in [0.15, 0.2) is 28.7 Å². The summed E-state index contributed by atoms with van der Waals surface area (Å²) in [5.74, 6) is 1.08. The van der Waals surface area contributed by atoms with E-state index in [-0.39, 0.29) is 6.04 Å². The molecule has 2 rings (SSSR count). The Labute approximate surface area is 122 Å². The summed E-state index contributed by atoms with van der Waals surface area (Å²) in [4.78, 5) is 2.22. The van der Waals surface area contributed by atoms with Gasteiger partial charge in [-0.25, -0.2) is 0 Å². The highest BCUT2D eigenvalue weighted by Crippen LogP contribution is 2.30. The molecule has 0 aliphatic carbocycles. The Morgan fingerprint density at radius 1 is 1.20 bits per heavy atom. The standard InChI is InChI=1S/C17H26N2O/c1-6-14-15-9-7-8-10-16(15)20-17(14)13(3)18-11-12(2)19(4)5/h7-10,12-13,18H,6,11H2,1-5H3. The highest BCUT2D eigenvalue weighted by molar-refractivity contribution is 5.82. The third-order valence-electron chi connectivity index (χ3n) is 4.08. The Balaban J connectivity index is 2.19. The zero-order valence-corrected chi connectivity index (χ0v) is 13.2. The molecule has 2 atom stereocenters. The summed E-state index contributed by atoms with van der Waals surface area (Å²) in [6, 6.07) is 9.05. The van der Waals surface area contributed by atoms with Gasteiger partial charge in [-0.3, -0.25) is 0 Å². The SMILES string of the molecule is CCc1c(C(C)NCC(C)N(C)C)oc2ccccc12. The van der Waals surface area contributed by atoms with Crippen LogP contribution in [0, 0.1) is 0 Å². The average Bonchev–Trinajstić information content (AvgIpc) is 2.82. The number of likely N-dealkylation sites (N-methyl/N-ethyl adjacent to an activating group) is 1. The second-order valence-electron chi connectivity index (χ2n) is 5.74. The Morgan fingerprint density at radius 2 is 1.90 bits per heavy atom. The fourth-order valence-electron chi connectivity index (χ4n) is 2.45. The first kappa shape index (κ1) is 15.1. The second-order valence-corrected chi connectivity index (χ2v) is 5.74. The van der Waals surface area contributed by atoms with Gasteiger partial charge in [0.05, 0.1) is 6.04 Å². The molecule has 1 heterocycles. The van der Waals surface area contributed by atoms with Crippen molar-refractivity contribution < 1.29 is 4.42 Å². The molecule has 3 nitrogen and oxygen atoms in total. The highest BCUT2D eigenvalue weighted by Gasteiger charge is 2.18. The van der Waals surface area contributed by atoms with Gasteiger partial charge in [0.1, 0.15) is 11.3 Å². The maximum atomic E-state index is 6.07. The Bertz CT molecular complexity index is 559. The van der Waals surface area contributed by atoms with Crippen molar-refractivity contribution in [2.75, 3.05) is 20.6 Å². The smallest absolute Gasteiger partial charge is 0.134 e. The molecular formula is C17H26N2O. The molecular weight excluding hydrogens is 248 g/mol. The van der Waals surface area contributed by atoms with Gasteiger partial charge in [-0.05, 0) is 40.4 Å². The van der Waals surface area contributed by atoms with Gasteiger partial charge in [-0.2, -0.15) is 0 Å². The summed E-state index contributed by atoms with van der Waals surface area (Å²) in [5, 5.41) is 4.83. The third kappa shape index (κ3) is 3.05. The zero-order chi connectivity index (χ0) is 14.7. The number of fused-ring (bicyclic) bond motifs is 1. The van der Waals surface area contributed by atoms with Crippen molar-refractivity contribution >= 4 is 11.0 Å². The van der Waals surface area contributed by atoms with Gasteiger partial charge in [-0.1, -0.05) is 25.1 Å². The molecule has 2 unspecified atom stereocenters. The molecule has 0 spiro atoms. The summed E-state index contributed by atoms with van der Waals surface area (Å²) in [5.41, 5.74) is 2.33. The van der Waals surface area contributed by atoms with Crippen molar-refractivity contribution in [2.24, 2.45) is 0 Å². The lowest BCUT2D eigenvalue weighted by Crippen LogP contribution is -2.36. The minimum Gasteiger partial charge on any atom is -0.459 e. The van der Waals surface area contributed by atoms with E-state index in [1.165, 1.54) is 10.9 Å². The number of nitrogens with one attached hydrogen (secondary N) is 1. The van der Waals surface area contributed by atoms with Crippen LogP contribution in [-0.2, 0) is 6.42 Å². The van der Waals surface area contributed by atoms with E-state index in [4.69, 9.17) is 4.42 Å². The van der Waals surface area contributed by atoms with Gasteiger partial charge < -0.3 is 14.6 Å². The number of hydrogen-bond donors (Lipinski definition) is 1. The average molecular weight is 274 g/mol. The van der Waals surface area contributed by atoms with E-state index in [1.54, 1.807) is 0 Å². The summed E-state index contributed by atoms with van der Waals surface area (Å²) in [7, 11) is 4.21. The lowest BCUT2D eigenvalue weighted by atomic mass is 10.0. The molecule has 0 fully saturated rings. The van der Waals surface area contributed by atoms with Crippen molar-refractivity contribution in [3.05, 3.63) is 35.6 Å². The molecule has 2 aromatic rings. The molecule has 110 valence electrons. The first-order chi connectivity index (χ1) is 9.54. The van der Waals surface area contributed by atoms with E-state index < -0.39 is 0 Å². The first-order valence-corrected chi connectivity index (χ1v) is 7.44. The van der Waals surface area contributed by atoms with E-state index in [0.29, 0.717) is 6.04 Å². The summed E-state index contributed by atoms with van der Waals surface area (Å²) in [6.07, 6.45) is 1.00. The van der Waals surface area contributed by atoms with Crippen molar-refractivity contribution in [2.45, 2.75) is 39.3 Å². The molecule has 0 amide bonds. The zero-order valence-electron chi connectivity index (χ0n) is 13.2. The number of rotatable bonds is 6. The van der Waals surface area contributed by atoms with Gasteiger partial charge in [-0.15, -0.1) is 0 Å². The van der Waals surface area contributed by atoms with Crippen molar-refractivity contribution in [1.29, 1.82) is 0 Å². The molecule has 0 saturated carbocycles. The summed E-state index contributed by atoms with van der Waals surface area (Å²) < 4.78 is 6.07. The van der Waals surface area contributed by atoms with Gasteiger partial charge in [0.15, 0.2) is 0 Å². The second kappa shape index (κ2) is 6.42. The maximum Gasteiger partial charge on any atom is 0.134 e. The number of para-hydroxylation sites is 1. The largest absolute Gasteiger partial charge is 0.459 e. The fourth-order valence-corrected chi connectivity index (χ4v) is 2.45. The lowest BCUT2D eigenvalue weighted by molar-refractivity contribution is 0.290. The molecule has 0 radical (unpaired) electrons. The molecule has 3 heteroatoms. The minimum absolute atomic E-state index is 0.236. The molecule has 0 aliphatic rings. The Hall–Kier alpha value is -1.32. The topological polar surface area (TPSA) is 28.4 Å². The monoisotopic (exact) mass is 274 g/mol. The van der Waals surface area contributed by atoms with Crippen LogP contribution in [0.2, 0.25) is 0 Å². The molecule has 0 saturated heterocycles. The van der Waals surface area contributed by atoms with E-state index in [1.807, 2.05) is 12.1 Å². The molecule has 1 N–H and O–H groups in total. The quantitative estimate of drug-likeness (QED) is 0.872. The van der Waals surface area contributed by atoms with Crippen LogP contribution in [0.3, 0.4) is 0 Å². The van der Waals surface area contributed by atoms with Crippen molar-refractivity contribution in [3.63, 3.8) is 0 Å².